The van der Waals surface area contributed by atoms with Gasteiger partial charge in [0.1, 0.15) is 0 Å². The number of hydrogen-bond donors (Lipinski definition) is 2. The normalized spacial score (nSPS) is 33.0. The average molecular weight is 228 g/mol. The molecule has 1 saturated carbocycles. The molecule has 1 rings (SSSR count). The highest BCUT2D eigenvalue weighted by Crippen LogP contribution is 2.29. The van der Waals surface area contributed by atoms with Gasteiger partial charge in [-0.2, -0.15) is 0 Å². The van der Waals surface area contributed by atoms with Gasteiger partial charge in [-0.15, -0.1) is 0 Å². The van der Waals surface area contributed by atoms with Crippen LogP contribution in [0.2, 0.25) is 0 Å². The van der Waals surface area contributed by atoms with Gasteiger partial charge in [0, 0.05) is 19.1 Å². The Kier molecular flexibility index (Phi) is 5.73. The third kappa shape index (κ3) is 4.40. The second-order valence-corrected chi connectivity index (χ2v) is 5.64. The molecule has 0 spiro atoms. The first kappa shape index (κ1) is 13.9. The van der Waals surface area contributed by atoms with Crippen molar-refractivity contribution in [2.45, 2.75) is 45.3 Å². The zero-order chi connectivity index (χ0) is 12.1. The van der Waals surface area contributed by atoms with Crippen LogP contribution < -0.4 is 5.32 Å². The summed E-state index contributed by atoms with van der Waals surface area (Å²) in [5.41, 5.74) is 0. The Morgan fingerprint density at radius 3 is 2.69 bits per heavy atom. The molecule has 0 heterocycles. The lowest BCUT2D eigenvalue weighted by Gasteiger charge is -2.37. The summed E-state index contributed by atoms with van der Waals surface area (Å²) < 4.78 is 0. The lowest BCUT2D eigenvalue weighted by molar-refractivity contribution is 0.110. The van der Waals surface area contributed by atoms with Gasteiger partial charge in [-0.05, 0) is 52.1 Å². The first-order valence-corrected chi connectivity index (χ1v) is 6.56. The van der Waals surface area contributed by atoms with E-state index in [-0.39, 0.29) is 6.10 Å². The quantitative estimate of drug-likeness (QED) is 0.745. The molecule has 0 amide bonds. The third-order valence-electron chi connectivity index (χ3n) is 3.74. The van der Waals surface area contributed by atoms with Crippen molar-refractivity contribution in [2.24, 2.45) is 11.8 Å². The number of aliphatic hydroxyl groups is 1. The fraction of sp³-hybridized carbons (Fsp3) is 1.00. The van der Waals surface area contributed by atoms with E-state index in [1.807, 2.05) is 6.92 Å². The van der Waals surface area contributed by atoms with Crippen LogP contribution in [-0.4, -0.2) is 49.3 Å². The summed E-state index contributed by atoms with van der Waals surface area (Å²) in [6.45, 7) is 6.09. The number of rotatable bonds is 5. The predicted molar refractivity (Wildman–Crippen MR) is 68.5 cm³/mol. The summed E-state index contributed by atoms with van der Waals surface area (Å²) >= 11 is 0. The Morgan fingerprint density at radius 1 is 1.44 bits per heavy atom. The van der Waals surface area contributed by atoms with E-state index >= 15 is 0 Å². The van der Waals surface area contributed by atoms with Gasteiger partial charge in [-0.25, -0.2) is 0 Å². The monoisotopic (exact) mass is 228 g/mol. The van der Waals surface area contributed by atoms with E-state index in [0.29, 0.717) is 6.04 Å². The van der Waals surface area contributed by atoms with Crippen LogP contribution in [-0.2, 0) is 0 Å². The van der Waals surface area contributed by atoms with Crippen molar-refractivity contribution in [3.8, 4) is 0 Å². The van der Waals surface area contributed by atoms with Gasteiger partial charge in [0.2, 0.25) is 0 Å². The van der Waals surface area contributed by atoms with Gasteiger partial charge in [0.15, 0.2) is 0 Å². The van der Waals surface area contributed by atoms with Crippen molar-refractivity contribution in [1.82, 2.24) is 10.2 Å². The number of aliphatic hydroxyl groups excluding tert-OH is 1. The summed E-state index contributed by atoms with van der Waals surface area (Å²) in [4.78, 5) is 2.26. The van der Waals surface area contributed by atoms with E-state index in [4.69, 9.17) is 0 Å². The Balaban J connectivity index is 2.42. The highest BCUT2D eigenvalue weighted by atomic mass is 16.3. The Hall–Kier alpha value is -0.120. The molecule has 3 heteroatoms. The first-order valence-electron chi connectivity index (χ1n) is 6.56. The van der Waals surface area contributed by atoms with Crippen LogP contribution in [0.15, 0.2) is 0 Å². The van der Waals surface area contributed by atoms with Crippen LogP contribution in [0.4, 0.5) is 0 Å². The summed E-state index contributed by atoms with van der Waals surface area (Å²) in [5.74, 6) is 1.59. The minimum Gasteiger partial charge on any atom is -0.392 e. The third-order valence-corrected chi connectivity index (χ3v) is 3.74. The van der Waals surface area contributed by atoms with E-state index in [0.717, 1.165) is 24.9 Å². The smallest absolute Gasteiger partial charge is 0.0638 e. The topological polar surface area (TPSA) is 35.5 Å². The molecule has 1 aliphatic carbocycles. The molecular formula is C13H28N2O. The van der Waals surface area contributed by atoms with Gasteiger partial charge in [0.05, 0.1) is 6.10 Å². The second kappa shape index (κ2) is 6.58. The second-order valence-electron chi connectivity index (χ2n) is 5.64. The first-order chi connectivity index (χ1) is 7.52. The maximum Gasteiger partial charge on any atom is 0.0638 e. The lowest BCUT2D eigenvalue weighted by atomic mass is 9.78. The maximum absolute atomic E-state index is 9.37. The minimum atomic E-state index is -0.223. The van der Waals surface area contributed by atoms with Crippen LogP contribution in [0.5, 0.6) is 0 Å². The highest BCUT2D eigenvalue weighted by Gasteiger charge is 2.28. The molecule has 1 fully saturated rings. The van der Waals surface area contributed by atoms with Crippen molar-refractivity contribution in [1.29, 1.82) is 0 Å². The Morgan fingerprint density at radius 2 is 2.12 bits per heavy atom. The molecule has 16 heavy (non-hydrogen) atoms. The Labute approximate surface area is 100 Å². The molecule has 0 aromatic carbocycles. The molecule has 0 radical (unpaired) electrons. The molecule has 0 aliphatic heterocycles. The van der Waals surface area contributed by atoms with E-state index in [1.165, 1.54) is 19.3 Å². The van der Waals surface area contributed by atoms with Crippen molar-refractivity contribution >= 4 is 0 Å². The van der Waals surface area contributed by atoms with Crippen molar-refractivity contribution in [3.05, 3.63) is 0 Å². The molecule has 0 aromatic rings. The lowest BCUT2D eigenvalue weighted by Crippen LogP contribution is -2.44. The van der Waals surface area contributed by atoms with E-state index in [1.54, 1.807) is 0 Å². The molecule has 1 aliphatic rings. The number of nitrogens with zero attached hydrogens (tertiary/aromatic N) is 1. The van der Waals surface area contributed by atoms with Crippen LogP contribution >= 0.6 is 0 Å². The SMILES string of the molecule is CNC1CCC(C)CC1CN(C)CC(C)O. The molecular weight excluding hydrogens is 200 g/mol. The van der Waals surface area contributed by atoms with Gasteiger partial charge in [-0.3, -0.25) is 0 Å². The summed E-state index contributed by atoms with van der Waals surface area (Å²) in [5, 5.41) is 12.8. The number of hydrogen-bond acceptors (Lipinski definition) is 3. The summed E-state index contributed by atoms with van der Waals surface area (Å²) in [6.07, 6.45) is 3.74. The summed E-state index contributed by atoms with van der Waals surface area (Å²) in [6, 6.07) is 0.660. The van der Waals surface area contributed by atoms with Crippen LogP contribution in [0, 0.1) is 11.8 Å². The van der Waals surface area contributed by atoms with Crippen molar-refractivity contribution in [3.63, 3.8) is 0 Å². The van der Waals surface area contributed by atoms with Crippen LogP contribution in [0.25, 0.3) is 0 Å². The van der Waals surface area contributed by atoms with E-state index < -0.39 is 0 Å². The average Bonchev–Trinajstić information content (AvgIpc) is 2.16. The fourth-order valence-electron chi connectivity index (χ4n) is 3.01. The van der Waals surface area contributed by atoms with E-state index in [2.05, 4.69) is 31.2 Å². The predicted octanol–water partition coefficient (Wildman–Crippen LogP) is 1.32. The molecule has 0 bridgehead atoms. The highest BCUT2D eigenvalue weighted by molar-refractivity contribution is 4.84. The molecule has 4 unspecified atom stereocenters. The molecule has 3 nitrogen and oxygen atoms in total. The number of nitrogens with one attached hydrogen (secondary N) is 1. The van der Waals surface area contributed by atoms with Crippen LogP contribution in [0.1, 0.15) is 33.1 Å². The van der Waals surface area contributed by atoms with Gasteiger partial charge in [0.25, 0.3) is 0 Å². The van der Waals surface area contributed by atoms with Gasteiger partial charge in [-0.1, -0.05) is 6.92 Å². The summed E-state index contributed by atoms with van der Waals surface area (Å²) in [7, 11) is 4.18. The minimum absolute atomic E-state index is 0.223. The molecule has 96 valence electrons. The van der Waals surface area contributed by atoms with Gasteiger partial charge < -0.3 is 15.3 Å². The van der Waals surface area contributed by atoms with Crippen LogP contribution in [0.3, 0.4) is 0 Å². The zero-order valence-corrected chi connectivity index (χ0v) is 11.2. The largest absolute Gasteiger partial charge is 0.392 e. The maximum atomic E-state index is 9.37. The number of likely N-dealkylation sites (N-methyl/N-ethyl adjacent to an activating group) is 1. The standard InChI is InChI=1S/C13H28N2O/c1-10-5-6-13(14-3)12(7-10)9-15(4)8-11(2)16/h10-14,16H,5-9H2,1-4H3. The van der Waals surface area contributed by atoms with Crippen molar-refractivity contribution in [2.75, 3.05) is 27.2 Å². The Bertz CT molecular complexity index is 196. The van der Waals surface area contributed by atoms with Crippen molar-refractivity contribution < 1.29 is 5.11 Å². The molecule has 0 aromatic heterocycles. The van der Waals surface area contributed by atoms with Gasteiger partial charge >= 0.3 is 0 Å². The van der Waals surface area contributed by atoms with E-state index in [9.17, 15) is 5.11 Å². The molecule has 2 N–H and O–H groups in total. The molecule has 0 saturated heterocycles. The fourth-order valence-corrected chi connectivity index (χ4v) is 3.01. The zero-order valence-electron chi connectivity index (χ0n) is 11.2. The molecule has 4 atom stereocenters.